The van der Waals surface area contributed by atoms with Gasteiger partial charge in [-0.15, -0.1) is 0 Å². The summed E-state index contributed by atoms with van der Waals surface area (Å²) in [5, 5.41) is 6.50. The van der Waals surface area contributed by atoms with Crippen molar-refractivity contribution in [1.29, 1.82) is 0 Å². The molecule has 0 radical (unpaired) electrons. The van der Waals surface area contributed by atoms with Crippen molar-refractivity contribution in [2.24, 2.45) is 15.9 Å². The third-order valence-electron chi connectivity index (χ3n) is 8.08. The van der Waals surface area contributed by atoms with E-state index in [1.807, 2.05) is 13.0 Å². The first-order valence-electron chi connectivity index (χ1n) is 14.0. The SMILES string of the molecule is C=N/C=C1\C(=N/CNc2ccc(C(=O)NC3CCN(C)CC3)cc2OC)N(C2CCCC2)CC(C)C(=O)N1C. The van der Waals surface area contributed by atoms with Crippen LogP contribution in [0.15, 0.2) is 40.1 Å². The smallest absolute Gasteiger partial charge is 0.251 e. The number of piperidine rings is 1. The van der Waals surface area contributed by atoms with Crippen molar-refractivity contribution in [3.8, 4) is 5.75 Å². The maximum atomic E-state index is 13.0. The van der Waals surface area contributed by atoms with Crippen LogP contribution in [0.3, 0.4) is 0 Å². The van der Waals surface area contributed by atoms with E-state index in [1.165, 1.54) is 12.8 Å². The zero-order chi connectivity index (χ0) is 27.9. The number of likely N-dealkylation sites (tertiary alicyclic amines) is 1. The highest BCUT2D eigenvalue weighted by Crippen LogP contribution is 2.30. The molecule has 2 amide bonds. The molecule has 39 heavy (non-hydrogen) atoms. The number of nitrogens with one attached hydrogen (secondary N) is 2. The first-order chi connectivity index (χ1) is 18.8. The fraction of sp³-hybridized carbons (Fsp3) is 0.586. The Balaban J connectivity index is 1.51. The van der Waals surface area contributed by atoms with E-state index < -0.39 is 0 Å². The molecule has 1 aromatic rings. The third-order valence-corrected chi connectivity index (χ3v) is 8.08. The first kappa shape index (κ1) is 28.6. The Morgan fingerprint density at radius 2 is 1.90 bits per heavy atom. The Kier molecular flexibility index (Phi) is 9.61. The lowest BCUT2D eigenvalue weighted by Crippen LogP contribution is -2.43. The second-order valence-electron chi connectivity index (χ2n) is 10.9. The molecule has 3 aliphatic rings. The van der Waals surface area contributed by atoms with E-state index in [2.05, 4.69) is 39.2 Å². The fourth-order valence-corrected chi connectivity index (χ4v) is 5.75. The van der Waals surface area contributed by atoms with E-state index >= 15 is 0 Å². The Labute approximate surface area is 232 Å². The standard InChI is InChI=1S/C29H43N7O3/c1-20-18-36(23-8-6-7-9-23)27(25(17-30-2)35(4)29(20)38)32-19-31-24-11-10-21(16-26(24)39-5)28(37)33-22-12-14-34(3)15-13-22/h10-11,16-17,20,22-23,31H,2,6-9,12-15,18-19H2,1,3-5H3,(H,33,37)/b25-17+,32-27+. The summed E-state index contributed by atoms with van der Waals surface area (Å²) in [6.07, 6.45) is 8.05. The van der Waals surface area contributed by atoms with Gasteiger partial charge in [-0.3, -0.25) is 14.6 Å². The fourth-order valence-electron chi connectivity index (χ4n) is 5.75. The minimum Gasteiger partial charge on any atom is -0.495 e. The minimum atomic E-state index is -0.155. The number of carbonyl (C=O) groups is 2. The molecule has 2 heterocycles. The summed E-state index contributed by atoms with van der Waals surface area (Å²) in [7, 11) is 5.47. The number of anilines is 1. The number of ether oxygens (including phenoxy) is 1. The highest BCUT2D eigenvalue weighted by Gasteiger charge is 2.36. The summed E-state index contributed by atoms with van der Waals surface area (Å²) in [4.78, 5) is 41.0. The Morgan fingerprint density at radius 1 is 1.18 bits per heavy atom. The van der Waals surface area contributed by atoms with E-state index in [0.29, 0.717) is 29.6 Å². The third kappa shape index (κ3) is 6.79. The lowest BCUT2D eigenvalue weighted by Gasteiger charge is -2.32. The van der Waals surface area contributed by atoms with Gasteiger partial charge in [-0.25, -0.2) is 4.99 Å². The zero-order valence-corrected chi connectivity index (χ0v) is 23.8. The van der Waals surface area contributed by atoms with Crippen LogP contribution in [0.1, 0.15) is 55.8 Å². The maximum Gasteiger partial charge on any atom is 0.251 e. The minimum absolute atomic E-state index is 0.0434. The Morgan fingerprint density at radius 3 is 2.56 bits per heavy atom. The molecular formula is C29H43N7O3. The second-order valence-corrected chi connectivity index (χ2v) is 10.9. The lowest BCUT2D eigenvalue weighted by atomic mass is 10.0. The van der Waals surface area contributed by atoms with Gasteiger partial charge in [-0.05, 0) is 70.7 Å². The van der Waals surface area contributed by atoms with E-state index in [1.54, 1.807) is 37.4 Å². The molecule has 0 bridgehead atoms. The summed E-state index contributed by atoms with van der Waals surface area (Å²) in [5.74, 6) is 1.12. The molecule has 0 aromatic heterocycles. The molecule has 10 nitrogen and oxygen atoms in total. The summed E-state index contributed by atoms with van der Waals surface area (Å²) in [6.45, 7) is 8.45. The monoisotopic (exact) mass is 537 g/mol. The van der Waals surface area contributed by atoms with Gasteiger partial charge in [0.05, 0.1) is 24.9 Å². The average Bonchev–Trinajstić information content (AvgIpc) is 3.46. The highest BCUT2D eigenvalue weighted by atomic mass is 16.5. The molecule has 0 spiro atoms. The molecule has 212 valence electrons. The van der Waals surface area contributed by atoms with Gasteiger partial charge in [0.15, 0.2) is 5.84 Å². The molecule has 4 rings (SSSR count). The molecule has 1 aliphatic carbocycles. The molecule has 1 unspecified atom stereocenters. The van der Waals surface area contributed by atoms with E-state index in [-0.39, 0.29) is 30.4 Å². The van der Waals surface area contributed by atoms with Crippen molar-refractivity contribution < 1.29 is 14.3 Å². The number of methoxy groups -OCH3 is 1. The quantitative estimate of drug-likeness (QED) is 0.494. The van der Waals surface area contributed by atoms with Gasteiger partial charge in [0, 0.05) is 31.2 Å². The molecule has 2 aliphatic heterocycles. The number of hydrogen-bond donors (Lipinski definition) is 2. The molecule has 2 saturated heterocycles. The molecule has 3 fully saturated rings. The van der Waals surface area contributed by atoms with Crippen molar-refractivity contribution in [1.82, 2.24) is 20.0 Å². The number of hydrogen-bond acceptors (Lipinski definition) is 7. The van der Waals surface area contributed by atoms with Crippen molar-refractivity contribution in [3.05, 3.63) is 35.7 Å². The van der Waals surface area contributed by atoms with Gasteiger partial charge in [0.2, 0.25) is 5.91 Å². The Bertz CT molecular complexity index is 1100. The molecular weight excluding hydrogens is 494 g/mol. The largest absolute Gasteiger partial charge is 0.495 e. The zero-order valence-electron chi connectivity index (χ0n) is 23.8. The van der Waals surface area contributed by atoms with Crippen molar-refractivity contribution in [2.45, 2.75) is 57.5 Å². The number of amidine groups is 1. The van der Waals surface area contributed by atoms with Gasteiger partial charge in [0.1, 0.15) is 18.1 Å². The molecule has 1 saturated carbocycles. The summed E-state index contributed by atoms with van der Waals surface area (Å²) >= 11 is 0. The number of amides is 2. The number of benzene rings is 1. The van der Waals surface area contributed by atoms with Gasteiger partial charge in [-0.2, -0.15) is 0 Å². The van der Waals surface area contributed by atoms with Crippen molar-refractivity contribution in [3.63, 3.8) is 0 Å². The van der Waals surface area contributed by atoms with E-state index in [4.69, 9.17) is 9.73 Å². The molecule has 1 atom stereocenters. The van der Waals surface area contributed by atoms with E-state index in [9.17, 15) is 9.59 Å². The van der Waals surface area contributed by atoms with Gasteiger partial charge >= 0.3 is 0 Å². The number of carbonyl (C=O) groups excluding carboxylic acids is 2. The normalized spacial score (nSPS) is 23.8. The Hall–Kier alpha value is -3.40. The molecule has 10 heteroatoms. The van der Waals surface area contributed by atoms with Crippen molar-refractivity contribution in [2.75, 3.05) is 52.8 Å². The molecule has 2 N–H and O–H groups in total. The van der Waals surface area contributed by atoms with Gasteiger partial charge in [0.25, 0.3) is 5.91 Å². The highest BCUT2D eigenvalue weighted by molar-refractivity contribution is 6.03. The number of rotatable bonds is 8. The maximum absolute atomic E-state index is 13.0. The van der Waals surface area contributed by atoms with Crippen molar-refractivity contribution >= 4 is 30.1 Å². The first-order valence-corrected chi connectivity index (χ1v) is 14.0. The number of likely N-dealkylation sites (N-methyl/N-ethyl adjacent to an activating group) is 1. The summed E-state index contributed by atoms with van der Waals surface area (Å²) < 4.78 is 5.61. The predicted octanol–water partition coefficient (Wildman–Crippen LogP) is 3.18. The van der Waals surface area contributed by atoms with Crippen LogP contribution >= 0.6 is 0 Å². The summed E-state index contributed by atoms with van der Waals surface area (Å²) in [6, 6.07) is 5.95. The van der Waals surface area contributed by atoms with E-state index in [0.717, 1.165) is 50.3 Å². The van der Waals surface area contributed by atoms with Crippen LogP contribution in [-0.2, 0) is 4.79 Å². The number of nitrogens with zero attached hydrogens (tertiary/aromatic N) is 5. The van der Waals surface area contributed by atoms with Crippen LogP contribution in [0, 0.1) is 5.92 Å². The average molecular weight is 538 g/mol. The van der Waals surface area contributed by atoms with Crippen LogP contribution < -0.4 is 15.4 Å². The second kappa shape index (κ2) is 13.1. The molecule has 1 aromatic carbocycles. The van der Waals surface area contributed by atoms with Gasteiger partial charge < -0.3 is 30.1 Å². The number of aliphatic imine (C=N–C) groups is 2. The predicted molar refractivity (Wildman–Crippen MR) is 155 cm³/mol. The van der Waals surface area contributed by atoms with Gasteiger partial charge in [-0.1, -0.05) is 19.8 Å². The van der Waals surface area contributed by atoms with Crippen LogP contribution in [0.5, 0.6) is 5.75 Å². The lowest BCUT2D eigenvalue weighted by molar-refractivity contribution is -0.131. The van der Waals surface area contributed by atoms with Crippen LogP contribution in [0.2, 0.25) is 0 Å². The van der Waals surface area contributed by atoms with Crippen LogP contribution in [0.4, 0.5) is 5.69 Å². The van der Waals surface area contributed by atoms with Crippen LogP contribution in [-0.4, -0.2) is 98.7 Å². The topological polar surface area (TPSA) is 102 Å². The van der Waals surface area contributed by atoms with Crippen LogP contribution in [0.25, 0.3) is 0 Å². The summed E-state index contributed by atoms with van der Waals surface area (Å²) in [5.41, 5.74) is 1.96.